The van der Waals surface area contributed by atoms with Gasteiger partial charge < -0.3 is 10.6 Å². The maximum absolute atomic E-state index is 4.70. The molecule has 0 aliphatic carbocycles. The van der Waals surface area contributed by atoms with E-state index in [0.717, 1.165) is 23.6 Å². The Bertz CT molecular complexity index is 827. The molecule has 2 N–H and O–H groups in total. The van der Waals surface area contributed by atoms with Crippen LogP contribution >= 0.6 is 0 Å². The lowest BCUT2D eigenvalue weighted by Gasteiger charge is -2.13. The number of anilines is 2. The normalized spacial score (nSPS) is 10.8. The van der Waals surface area contributed by atoms with Crippen LogP contribution in [0.1, 0.15) is 25.0 Å². The first-order chi connectivity index (χ1) is 12.6. The first-order valence-corrected chi connectivity index (χ1v) is 9.08. The smallest absolute Gasteiger partial charge is 0.225 e. The Balaban J connectivity index is 1.82. The second-order valence-corrected chi connectivity index (χ2v) is 6.94. The zero-order chi connectivity index (χ0) is 18.4. The minimum absolute atomic E-state index is 0.550. The Morgan fingerprint density at radius 1 is 0.885 bits per heavy atom. The van der Waals surface area contributed by atoms with E-state index >= 15 is 0 Å². The van der Waals surface area contributed by atoms with Crippen LogP contribution < -0.4 is 10.6 Å². The average Bonchev–Trinajstić information content (AvgIpc) is 2.66. The van der Waals surface area contributed by atoms with Gasteiger partial charge in [-0.25, -0.2) is 4.98 Å². The van der Waals surface area contributed by atoms with E-state index in [-0.39, 0.29) is 0 Å². The minimum Gasteiger partial charge on any atom is -0.370 e. The highest BCUT2D eigenvalue weighted by Crippen LogP contribution is 2.21. The summed E-state index contributed by atoms with van der Waals surface area (Å²) in [7, 11) is 0. The summed E-state index contributed by atoms with van der Waals surface area (Å²) >= 11 is 0. The molecule has 4 heteroatoms. The van der Waals surface area contributed by atoms with Crippen molar-refractivity contribution in [3.05, 3.63) is 71.8 Å². The molecule has 0 atom stereocenters. The second kappa shape index (κ2) is 8.48. The standard InChI is InChI=1S/C22H26N4/c1-16(2)14-23-21-13-20(19-7-5-4-6-8-19)25-22(26-21)24-15-18-11-9-17(3)10-12-18/h4-13,16H,14-15H2,1-3H3,(H2,23,24,25,26). The number of rotatable bonds is 7. The summed E-state index contributed by atoms with van der Waals surface area (Å²) in [4.78, 5) is 9.33. The molecule has 0 saturated heterocycles. The van der Waals surface area contributed by atoms with Crippen molar-refractivity contribution in [3.8, 4) is 11.3 Å². The molecule has 1 heterocycles. The van der Waals surface area contributed by atoms with E-state index in [0.29, 0.717) is 18.4 Å². The quantitative estimate of drug-likeness (QED) is 0.622. The molecule has 0 aliphatic heterocycles. The van der Waals surface area contributed by atoms with E-state index in [9.17, 15) is 0 Å². The van der Waals surface area contributed by atoms with Gasteiger partial charge in [-0.3, -0.25) is 0 Å². The molecule has 0 radical (unpaired) electrons. The third kappa shape index (κ3) is 5.06. The van der Waals surface area contributed by atoms with Gasteiger partial charge in [-0.2, -0.15) is 4.98 Å². The topological polar surface area (TPSA) is 49.8 Å². The van der Waals surface area contributed by atoms with Crippen LogP contribution in [0.3, 0.4) is 0 Å². The number of hydrogen-bond acceptors (Lipinski definition) is 4. The predicted octanol–water partition coefficient (Wildman–Crippen LogP) is 5.13. The average molecular weight is 346 g/mol. The van der Waals surface area contributed by atoms with Gasteiger partial charge in [-0.15, -0.1) is 0 Å². The summed E-state index contributed by atoms with van der Waals surface area (Å²) in [6.07, 6.45) is 0. The van der Waals surface area contributed by atoms with Crippen molar-refractivity contribution in [1.82, 2.24) is 9.97 Å². The first kappa shape index (κ1) is 17.9. The Morgan fingerprint density at radius 2 is 1.62 bits per heavy atom. The maximum atomic E-state index is 4.70. The molecule has 134 valence electrons. The van der Waals surface area contributed by atoms with Crippen molar-refractivity contribution >= 4 is 11.8 Å². The summed E-state index contributed by atoms with van der Waals surface area (Å²) in [5, 5.41) is 6.77. The van der Waals surface area contributed by atoms with E-state index in [1.54, 1.807) is 0 Å². The van der Waals surface area contributed by atoms with Gasteiger partial charge in [0, 0.05) is 24.7 Å². The number of aryl methyl sites for hydroxylation is 1. The van der Waals surface area contributed by atoms with Gasteiger partial charge in [-0.1, -0.05) is 74.0 Å². The zero-order valence-corrected chi connectivity index (χ0v) is 15.7. The lowest BCUT2D eigenvalue weighted by atomic mass is 10.1. The van der Waals surface area contributed by atoms with Crippen LogP contribution in [0.5, 0.6) is 0 Å². The molecule has 0 amide bonds. The third-order valence-electron chi connectivity index (χ3n) is 4.06. The van der Waals surface area contributed by atoms with Crippen LogP contribution in [-0.4, -0.2) is 16.5 Å². The van der Waals surface area contributed by atoms with Crippen molar-refractivity contribution in [2.75, 3.05) is 17.2 Å². The van der Waals surface area contributed by atoms with Crippen LogP contribution in [-0.2, 0) is 6.54 Å². The molecule has 4 nitrogen and oxygen atoms in total. The van der Waals surface area contributed by atoms with Crippen molar-refractivity contribution in [1.29, 1.82) is 0 Å². The molecule has 0 aliphatic rings. The molecule has 26 heavy (non-hydrogen) atoms. The maximum Gasteiger partial charge on any atom is 0.225 e. The van der Waals surface area contributed by atoms with Crippen molar-refractivity contribution < 1.29 is 0 Å². The first-order valence-electron chi connectivity index (χ1n) is 9.08. The number of hydrogen-bond donors (Lipinski definition) is 2. The fraction of sp³-hybridized carbons (Fsp3) is 0.273. The van der Waals surface area contributed by atoms with Crippen LogP contribution in [0.2, 0.25) is 0 Å². The summed E-state index contributed by atoms with van der Waals surface area (Å²) in [6.45, 7) is 8.03. The van der Waals surface area contributed by atoms with Crippen LogP contribution in [0.15, 0.2) is 60.7 Å². The van der Waals surface area contributed by atoms with Gasteiger partial charge >= 0.3 is 0 Å². The lowest BCUT2D eigenvalue weighted by molar-refractivity contribution is 0.687. The van der Waals surface area contributed by atoms with Crippen LogP contribution in [0, 0.1) is 12.8 Å². The fourth-order valence-electron chi connectivity index (χ4n) is 2.57. The molecule has 0 unspecified atom stereocenters. The summed E-state index contributed by atoms with van der Waals surface area (Å²) < 4.78 is 0. The van der Waals surface area contributed by atoms with E-state index in [2.05, 4.69) is 72.8 Å². The van der Waals surface area contributed by atoms with Crippen molar-refractivity contribution in [2.24, 2.45) is 5.92 Å². The molecule has 2 aromatic carbocycles. The predicted molar refractivity (Wildman–Crippen MR) is 109 cm³/mol. The number of benzene rings is 2. The molecule has 0 bridgehead atoms. The Labute approximate surface area is 155 Å². The van der Waals surface area contributed by atoms with E-state index in [4.69, 9.17) is 4.98 Å². The molecule has 0 fully saturated rings. The lowest BCUT2D eigenvalue weighted by Crippen LogP contribution is -2.11. The molecule has 3 rings (SSSR count). The summed E-state index contributed by atoms with van der Waals surface area (Å²) in [5.41, 5.74) is 4.47. The Morgan fingerprint density at radius 3 is 2.31 bits per heavy atom. The van der Waals surface area contributed by atoms with Crippen molar-refractivity contribution in [2.45, 2.75) is 27.3 Å². The largest absolute Gasteiger partial charge is 0.370 e. The number of aromatic nitrogens is 2. The molecule has 0 saturated carbocycles. The van der Waals surface area contributed by atoms with E-state index in [1.165, 1.54) is 11.1 Å². The zero-order valence-electron chi connectivity index (χ0n) is 15.7. The molecule has 3 aromatic rings. The third-order valence-corrected chi connectivity index (χ3v) is 4.06. The van der Waals surface area contributed by atoms with Gasteiger partial charge in [0.2, 0.25) is 5.95 Å². The SMILES string of the molecule is Cc1ccc(CNc2nc(NCC(C)C)cc(-c3ccccc3)n2)cc1. The fourth-order valence-corrected chi connectivity index (χ4v) is 2.57. The Kier molecular flexibility index (Phi) is 5.84. The van der Waals surface area contributed by atoms with E-state index < -0.39 is 0 Å². The van der Waals surface area contributed by atoms with Gasteiger partial charge in [-0.05, 0) is 18.4 Å². The van der Waals surface area contributed by atoms with Crippen LogP contribution in [0.4, 0.5) is 11.8 Å². The van der Waals surface area contributed by atoms with Gasteiger partial charge in [0.25, 0.3) is 0 Å². The van der Waals surface area contributed by atoms with E-state index in [1.807, 2.05) is 24.3 Å². The minimum atomic E-state index is 0.550. The molecule has 0 spiro atoms. The second-order valence-electron chi connectivity index (χ2n) is 6.94. The van der Waals surface area contributed by atoms with Crippen LogP contribution in [0.25, 0.3) is 11.3 Å². The summed E-state index contributed by atoms with van der Waals surface area (Å²) in [5.74, 6) is 2.03. The highest BCUT2D eigenvalue weighted by molar-refractivity contribution is 5.64. The molecular formula is C22H26N4. The molecule has 1 aromatic heterocycles. The number of nitrogens with one attached hydrogen (secondary N) is 2. The highest BCUT2D eigenvalue weighted by atomic mass is 15.1. The van der Waals surface area contributed by atoms with Gasteiger partial charge in [0.1, 0.15) is 5.82 Å². The van der Waals surface area contributed by atoms with Gasteiger partial charge in [0.05, 0.1) is 5.69 Å². The highest BCUT2D eigenvalue weighted by Gasteiger charge is 2.07. The summed E-state index contributed by atoms with van der Waals surface area (Å²) in [6, 6.07) is 20.7. The van der Waals surface area contributed by atoms with Crippen molar-refractivity contribution in [3.63, 3.8) is 0 Å². The number of nitrogens with zero attached hydrogens (tertiary/aromatic N) is 2. The Hall–Kier alpha value is -2.88. The molecular weight excluding hydrogens is 320 g/mol. The monoisotopic (exact) mass is 346 g/mol. The van der Waals surface area contributed by atoms with Gasteiger partial charge in [0.15, 0.2) is 0 Å².